The summed E-state index contributed by atoms with van der Waals surface area (Å²) >= 11 is 0. The van der Waals surface area contributed by atoms with E-state index in [1.165, 1.54) is 315 Å². The second-order valence-electron chi connectivity index (χ2n) is 23.4. The zero-order valence-corrected chi connectivity index (χ0v) is 49.8. The molecule has 3 atom stereocenters. The van der Waals surface area contributed by atoms with Gasteiger partial charge in [-0.2, -0.15) is 0 Å². The highest BCUT2D eigenvalue weighted by Crippen LogP contribution is 2.19. The van der Waals surface area contributed by atoms with E-state index in [1.54, 1.807) is 0 Å². The summed E-state index contributed by atoms with van der Waals surface area (Å²) in [6.45, 7) is 4.23. The lowest BCUT2D eigenvalue weighted by Crippen LogP contribution is -2.50. The van der Waals surface area contributed by atoms with Crippen molar-refractivity contribution in [2.45, 2.75) is 398 Å². The Balaban J connectivity index is 3.46. The summed E-state index contributed by atoms with van der Waals surface area (Å²) in [5.41, 5.74) is 0. The van der Waals surface area contributed by atoms with Crippen molar-refractivity contribution in [2.24, 2.45) is 0 Å². The zero-order valence-electron chi connectivity index (χ0n) is 49.8. The third kappa shape index (κ3) is 58.4. The topological polar surface area (TPSA) is 89.8 Å². The van der Waals surface area contributed by atoms with Gasteiger partial charge in [-0.25, -0.2) is 0 Å². The number of nitrogens with one attached hydrogen (secondary N) is 1. The van der Waals surface area contributed by atoms with Gasteiger partial charge < -0.3 is 20.6 Å². The van der Waals surface area contributed by atoms with Crippen molar-refractivity contribution in [2.75, 3.05) is 6.61 Å². The summed E-state index contributed by atoms with van der Waals surface area (Å²) in [7, 11) is 0. The lowest BCUT2D eigenvalue weighted by atomic mass is 9.99. The van der Waals surface area contributed by atoms with E-state index in [1.807, 2.05) is 0 Å². The van der Waals surface area contributed by atoms with Crippen LogP contribution in [0.15, 0.2) is 24.3 Å². The molecule has 0 aliphatic rings. The summed E-state index contributed by atoms with van der Waals surface area (Å²) in [5.74, 6) is -0.137. The van der Waals surface area contributed by atoms with Gasteiger partial charge in [0.25, 0.3) is 0 Å². The number of carbonyl (C=O) groups excluding carboxylic acids is 1. The van der Waals surface area contributed by atoms with Crippen LogP contribution < -0.4 is 5.32 Å². The fraction of sp³-hybridized carbons (Fsp3) is 0.926. The van der Waals surface area contributed by atoms with Crippen LogP contribution in [0.3, 0.4) is 0 Å². The molecule has 0 bridgehead atoms. The number of carbonyl (C=O) groups is 1. The molecule has 434 valence electrons. The molecule has 0 radical (unpaired) electrons. The van der Waals surface area contributed by atoms with Crippen molar-refractivity contribution in [3.8, 4) is 0 Å². The number of unbranched alkanes of at least 4 members (excludes halogenated alkanes) is 51. The second-order valence-corrected chi connectivity index (χ2v) is 23.4. The van der Waals surface area contributed by atoms with Crippen molar-refractivity contribution < 1.29 is 20.1 Å². The number of rotatable bonds is 63. The number of amides is 1. The molecule has 0 heterocycles. The molecule has 0 saturated heterocycles. The maximum Gasteiger partial charge on any atom is 0.220 e. The first kappa shape index (κ1) is 71.8. The molecule has 5 nitrogen and oxygen atoms in total. The van der Waals surface area contributed by atoms with Crippen LogP contribution in [-0.2, 0) is 4.79 Å². The molecule has 73 heavy (non-hydrogen) atoms. The fourth-order valence-corrected chi connectivity index (χ4v) is 10.9. The first-order valence-corrected chi connectivity index (χ1v) is 33.6. The molecule has 0 saturated carbocycles. The van der Waals surface area contributed by atoms with E-state index >= 15 is 0 Å². The molecule has 0 aliphatic heterocycles. The molecule has 0 rings (SSSR count). The van der Waals surface area contributed by atoms with Gasteiger partial charge >= 0.3 is 0 Å². The molecule has 0 fully saturated rings. The third-order valence-corrected chi connectivity index (χ3v) is 16.1. The molecule has 5 heteroatoms. The van der Waals surface area contributed by atoms with Gasteiger partial charge in [0.05, 0.1) is 18.8 Å². The smallest absolute Gasteiger partial charge is 0.220 e. The first-order chi connectivity index (χ1) is 36.1. The van der Waals surface area contributed by atoms with Gasteiger partial charge in [-0.3, -0.25) is 4.79 Å². The van der Waals surface area contributed by atoms with Crippen LogP contribution in [-0.4, -0.2) is 46.1 Å². The van der Waals surface area contributed by atoms with E-state index < -0.39 is 18.2 Å². The lowest BCUT2D eigenvalue weighted by molar-refractivity contribution is -0.124. The molecule has 1 amide bonds. The standard InChI is InChI=1S/C68H133NO4/c1-3-5-7-9-11-13-15-17-19-21-23-25-27-28-29-30-31-32-33-34-35-36-37-38-39-40-41-43-45-47-49-51-53-55-57-59-61-63-67(72)69-65(64-70)68(73)66(71)62-60-58-56-54-52-50-48-46-44-42-26-24-22-20-18-16-14-12-10-8-6-4-2/h29-30,32-33,65-66,68,70-71,73H,3-28,31,34-64H2,1-2H3,(H,69,72)/b30-29-,33-32-. The van der Waals surface area contributed by atoms with Crippen LogP contribution >= 0.6 is 0 Å². The molecule has 0 aromatic heterocycles. The van der Waals surface area contributed by atoms with Gasteiger partial charge in [0, 0.05) is 6.42 Å². The van der Waals surface area contributed by atoms with Crippen LogP contribution in [0.2, 0.25) is 0 Å². The van der Waals surface area contributed by atoms with Crippen LogP contribution in [0.4, 0.5) is 0 Å². The predicted molar refractivity (Wildman–Crippen MR) is 324 cm³/mol. The minimum atomic E-state index is -1.14. The molecule has 3 unspecified atom stereocenters. The van der Waals surface area contributed by atoms with E-state index in [0.717, 1.165) is 38.5 Å². The maximum atomic E-state index is 12.6. The summed E-state index contributed by atoms with van der Waals surface area (Å²) in [6, 6.07) is -0.809. The molecule has 0 aromatic carbocycles. The fourth-order valence-electron chi connectivity index (χ4n) is 10.9. The SMILES string of the molecule is CCCCCCCCCCCCCCC/C=C\C/C=C\CCCCCCCCCCCCCCCCCCCC(=O)NC(CO)C(O)C(O)CCCCCCCCCCCCCCCCCCCCCCCC. The number of hydrogen-bond donors (Lipinski definition) is 4. The minimum Gasteiger partial charge on any atom is -0.394 e. The molecule has 4 N–H and O–H groups in total. The number of allylic oxidation sites excluding steroid dienone is 4. The van der Waals surface area contributed by atoms with E-state index in [2.05, 4.69) is 43.5 Å². The Hall–Kier alpha value is -1.17. The van der Waals surface area contributed by atoms with Gasteiger partial charge in [0.15, 0.2) is 0 Å². The third-order valence-electron chi connectivity index (χ3n) is 16.1. The van der Waals surface area contributed by atoms with Crippen molar-refractivity contribution in [3.05, 3.63) is 24.3 Å². The molecule has 0 aliphatic carbocycles. The average Bonchev–Trinajstić information content (AvgIpc) is 3.40. The summed E-state index contributed by atoms with van der Waals surface area (Å²) in [6.07, 6.45) is 82.4. The highest BCUT2D eigenvalue weighted by Gasteiger charge is 2.26. The Bertz CT molecular complexity index is 1090. The van der Waals surface area contributed by atoms with Crippen molar-refractivity contribution in [1.82, 2.24) is 5.32 Å². The predicted octanol–water partition coefficient (Wildman–Crippen LogP) is 21.6. The Morgan fingerprint density at radius 3 is 0.863 bits per heavy atom. The lowest BCUT2D eigenvalue weighted by Gasteiger charge is -2.26. The van der Waals surface area contributed by atoms with Gasteiger partial charge in [-0.15, -0.1) is 0 Å². The van der Waals surface area contributed by atoms with Gasteiger partial charge in [-0.05, 0) is 44.9 Å². The van der Waals surface area contributed by atoms with Crippen molar-refractivity contribution in [3.63, 3.8) is 0 Å². The van der Waals surface area contributed by atoms with Gasteiger partial charge in [0.2, 0.25) is 5.91 Å². The van der Waals surface area contributed by atoms with Crippen molar-refractivity contribution in [1.29, 1.82) is 0 Å². The highest BCUT2D eigenvalue weighted by molar-refractivity contribution is 5.76. The van der Waals surface area contributed by atoms with Crippen LogP contribution in [0.5, 0.6) is 0 Å². The largest absolute Gasteiger partial charge is 0.394 e. The van der Waals surface area contributed by atoms with E-state index in [0.29, 0.717) is 12.8 Å². The quantitative estimate of drug-likeness (QED) is 0.0361. The Morgan fingerprint density at radius 2 is 0.589 bits per heavy atom. The maximum absolute atomic E-state index is 12.6. The van der Waals surface area contributed by atoms with Gasteiger partial charge in [-0.1, -0.05) is 353 Å². The first-order valence-electron chi connectivity index (χ1n) is 33.6. The Kier molecular flexibility index (Phi) is 62.3. The number of hydrogen-bond acceptors (Lipinski definition) is 4. The van der Waals surface area contributed by atoms with E-state index in [-0.39, 0.29) is 12.5 Å². The average molecular weight is 1030 g/mol. The summed E-state index contributed by atoms with van der Waals surface area (Å²) < 4.78 is 0. The Morgan fingerprint density at radius 1 is 0.342 bits per heavy atom. The highest BCUT2D eigenvalue weighted by atomic mass is 16.3. The normalized spacial score (nSPS) is 13.2. The van der Waals surface area contributed by atoms with Crippen LogP contribution in [0.1, 0.15) is 380 Å². The molecule has 0 spiro atoms. The zero-order chi connectivity index (χ0) is 52.9. The number of aliphatic hydroxyl groups excluding tert-OH is 3. The van der Waals surface area contributed by atoms with Crippen LogP contribution in [0.25, 0.3) is 0 Å². The van der Waals surface area contributed by atoms with E-state index in [4.69, 9.17) is 0 Å². The number of aliphatic hydroxyl groups is 3. The monoisotopic (exact) mass is 1030 g/mol. The van der Waals surface area contributed by atoms with Crippen molar-refractivity contribution >= 4 is 5.91 Å². The molecular formula is C68H133NO4. The summed E-state index contributed by atoms with van der Waals surface area (Å²) in [5, 5.41) is 33.9. The minimum absolute atomic E-state index is 0.137. The Labute approximate surface area is 458 Å². The van der Waals surface area contributed by atoms with Crippen LogP contribution in [0, 0.1) is 0 Å². The van der Waals surface area contributed by atoms with Gasteiger partial charge in [0.1, 0.15) is 6.10 Å². The van der Waals surface area contributed by atoms with E-state index in [9.17, 15) is 20.1 Å². The molecular weight excluding hydrogens is 895 g/mol. The second kappa shape index (κ2) is 63.4. The molecule has 0 aromatic rings. The summed E-state index contributed by atoms with van der Waals surface area (Å²) in [4.78, 5) is 12.6.